The minimum atomic E-state index is -1.07. The lowest BCUT2D eigenvalue weighted by Gasteiger charge is -2.11. The maximum Gasteiger partial charge on any atom is 0.335 e. The molecule has 2 N–H and O–H groups in total. The molecule has 0 radical (unpaired) electrons. The van der Waals surface area contributed by atoms with Gasteiger partial charge in [-0.15, -0.1) is 0 Å². The number of ether oxygens (including phenoxy) is 1. The van der Waals surface area contributed by atoms with Crippen molar-refractivity contribution in [2.45, 2.75) is 6.92 Å². The maximum atomic E-state index is 12.2. The molecule has 2 aromatic rings. The largest absolute Gasteiger partial charge is 0.495 e. The number of benzene rings is 2. The van der Waals surface area contributed by atoms with Crippen molar-refractivity contribution in [3.63, 3.8) is 0 Å². The predicted octanol–water partition coefficient (Wildman–Crippen LogP) is 2.95. The van der Waals surface area contributed by atoms with Crippen LogP contribution in [0.3, 0.4) is 0 Å². The van der Waals surface area contributed by atoms with Gasteiger partial charge >= 0.3 is 5.97 Å². The summed E-state index contributed by atoms with van der Waals surface area (Å²) in [5.41, 5.74) is 1.94. The second kappa shape index (κ2) is 6.09. The Morgan fingerprint density at radius 3 is 2.24 bits per heavy atom. The summed E-state index contributed by atoms with van der Waals surface area (Å²) >= 11 is 0. The van der Waals surface area contributed by atoms with Crippen LogP contribution in [0.2, 0.25) is 0 Å². The lowest BCUT2D eigenvalue weighted by atomic mass is 10.1. The number of anilines is 1. The van der Waals surface area contributed by atoms with Crippen molar-refractivity contribution in [2.75, 3.05) is 12.4 Å². The van der Waals surface area contributed by atoms with Gasteiger partial charge in [-0.1, -0.05) is 17.7 Å². The molecule has 0 unspecified atom stereocenters. The molecule has 0 saturated heterocycles. The quantitative estimate of drug-likeness (QED) is 0.905. The Labute approximate surface area is 122 Å². The molecule has 0 aromatic heterocycles. The number of rotatable bonds is 4. The molecule has 1 amide bonds. The molecule has 21 heavy (non-hydrogen) atoms. The van der Waals surface area contributed by atoms with E-state index in [0.717, 1.165) is 5.56 Å². The molecule has 2 aromatic carbocycles. The lowest BCUT2D eigenvalue weighted by molar-refractivity contribution is 0.0696. The average Bonchev–Trinajstić information content (AvgIpc) is 2.47. The Bertz CT molecular complexity index is 677. The highest BCUT2D eigenvalue weighted by Gasteiger charge is 2.12. The summed E-state index contributed by atoms with van der Waals surface area (Å²) in [6.45, 7) is 1.93. The zero-order valence-electron chi connectivity index (χ0n) is 11.7. The Kier molecular flexibility index (Phi) is 4.23. The van der Waals surface area contributed by atoms with Crippen molar-refractivity contribution >= 4 is 17.6 Å². The van der Waals surface area contributed by atoms with E-state index in [1.807, 2.05) is 19.1 Å². The number of nitrogens with one attached hydrogen (secondary N) is 1. The van der Waals surface area contributed by atoms with E-state index in [1.54, 1.807) is 12.1 Å². The summed E-state index contributed by atoms with van der Waals surface area (Å²) in [6.07, 6.45) is 0. The number of hydrogen-bond acceptors (Lipinski definition) is 3. The molecule has 0 aliphatic carbocycles. The summed E-state index contributed by atoms with van der Waals surface area (Å²) in [6, 6.07) is 11.4. The van der Waals surface area contributed by atoms with Gasteiger partial charge in [-0.2, -0.15) is 0 Å². The Morgan fingerprint density at radius 1 is 1.05 bits per heavy atom. The van der Waals surface area contributed by atoms with Crippen LogP contribution in [0, 0.1) is 6.92 Å². The zero-order chi connectivity index (χ0) is 15.4. The molecule has 2 rings (SSSR count). The van der Waals surface area contributed by atoms with Gasteiger partial charge in [0.2, 0.25) is 0 Å². The number of methoxy groups -OCH3 is 1. The van der Waals surface area contributed by atoms with Crippen LogP contribution in [0.5, 0.6) is 5.75 Å². The van der Waals surface area contributed by atoms with E-state index in [2.05, 4.69) is 5.32 Å². The number of carbonyl (C=O) groups excluding carboxylic acids is 1. The third-order valence-corrected chi connectivity index (χ3v) is 3.01. The van der Waals surface area contributed by atoms with Crippen molar-refractivity contribution in [1.29, 1.82) is 0 Å². The topological polar surface area (TPSA) is 75.6 Å². The highest BCUT2D eigenvalue weighted by molar-refractivity contribution is 6.05. The van der Waals surface area contributed by atoms with Crippen molar-refractivity contribution in [3.8, 4) is 5.75 Å². The fourth-order valence-electron chi connectivity index (χ4n) is 1.84. The average molecular weight is 285 g/mol. The number of carbonyl (C=O) groups is 2. The summed E-state index contributed by atoms with van der Waals surface area (Å²) in [4.78, 5) is 23.2. The zero-order valence-corrected chi connectivity index (χ0v) is 11.7. The Morgan fingerprint density at radius 2 is 1.67 bits per heavy atom. The van der Waals surface area contributed by atoms with Gasteiger partial charge in [0.25, 0.3) is 5.91 Å². The van der Waals surface area contributed by atoms with Gasteiger partial charge < -0.3 is 15.2 Å². The molecule has 0 saturated carbocycles. The number of hydrogen-bond donors (Lipinski definition) is 2. The molecule has 0 aliphatic rings. The first kappa shape index (κ1) is 14.6. The number of amides is 1. The molecule has 0 aliphatic heterocycles. The summed E-state index contributed by atoms with van der Waals surface area (Å²) in [7, 11) is 1.46. The van der Waals surface area contributed by atoms with Gasteiger partial charge in [0.1, 0.15) is 5.75 Å². The molecular formula is C16H15NO4. The molecule has 108 valence electrons. The second-order valence-corrected chi connectivity index (χ2v) is 4.54. The van der Waals surface area contributed by atoms with E-state index in [1.165, 1.54) is 25.3 Å². The van der Waals surface area contributed by atoms with E-state index in [0.29, 0.717) is 17.0 Å². The second-order valence-electron chi connectivity index (χ2n) is 4.54. The molecule has 0 bridgehead atoms. The number of carboxylic acid groups (broad SMARTS) is 1. The van der Waals surface area contributed by atoms with Crippen LogP contribution >= 0.6 is 0 Å². The van der Waals surface area contributed by atoms with Crippen LogP contribution in [0.15, 0.2) is 42.5 Å². The molecule has 5 nitrogen and oxygen atoms in total. The Hall–Kier alpha value is -2.82. The van der Waals surface area contributed by atoms with Gasteiger partial charge in [0.15, 0.2) is 0 Å². The summed E-state index contributed by atoms with van der Waals surface area (Å²) in [5.74, 6) is -0.986. The van der Waals surface area contributed by atoms with Crippen LogP contribution in [0.25, 0.3) is 0 Å². The minimum Gasteiger partial charge on any atom is -0.495 e. The Balaban J connectivity index is 2.29. The maximum absolute atomic E-state index is 12.2. The molecular weight excluding hydrogens is 270 g/mol. The van der Waals surface area contributed by atoms with E-state index >= 15 is 0 Å². The number of carboxylic acids is 1. The van der Waals surface area contributed by atoms with Crippen LogP contribution in [-0.2, 0) is 0 Å². The van der Waals surface area contributed by atoms with Crippen molar-refractivity contribution < 1.29 is 19.4 Å². The van der Waals surface area contributed by atoms with Gasteiger partial charge in [-0.25, -0.2) is 4.79 Å². The fraction of sp³-hybridized carbons (Fsp3) is 0.125. The summed E-state index contributed by atoms with van der Waals surface area (Å²) in [5, 5.41) is 11.7. The van der Waals surface area contributed by atoms with Crippen LogP contribution in [0.1, 0.15) is 26.3 Å². The third kappa shape index (κ3) is 3.39. The van der Waals surface area contributed by atoms with Gasteiger partial charge in [-0.3, -0.25) is 4.79 Å². The van der Waals surface area contributed by atoms with E-state index in [4.69, 9.17) is 9.84 Å². The normalized spacial score (nSPS) is 10.0. The van der Waals surface area contributed by atoms with Gasteiger partial charge in [0, 0.05) is 5.56 Å². The monoisotopic (exact) mass is 285 g/mol. The minimum absolute atomic E-state index is 0.0787. The van der Waals surface area contributed by atoms with E-state index in [9.17, 15) is 9.59 Å². The van der Waals surface area contributed by atoms with Crippen LogP contribution < -0.4 is 10.1 Å². The van der Waals surface area contributed by atoms with Gasteiger partial charge in [0.05, 0.1) is 18.4 Å². The van der Waals surface area contributed by atoms with Crippen LogP contribution in [0.4, 0.5) is 5.69 Å². The lowest BCUT2D eigenvalue weighted by Crippen LogP contribution is -2.13. The fourth-order valence-corrected chi connectivity index (χ4v) is 1.84. The molecule has 0 heterocycles. The molecule has 5 heteroatoms. The van der Waals surface area contributed by atoms with Crippen molar-refractivity contribution in [2.24, 2.45) is 0 Å². The van der Waals surface area contributed by atoms with E-state index < -0.39 is 5.97 Å². The van der Waals surface area contributed by atoms with E-state index in [-0.39, 0.29) is 11.5 Å². The highest BCUT2D eigenvalue weighted by Crippen LogP contribution is 2.26. The standard InChI is InChI=1S/C16H15NO4/c1-10-3-5-11(6-4-10)15(18)17-13-9-12(16(19)20)7-8-14(13)21-2/h3-9H,1-2H3,(H,17,18)(H,19,20). The number of aromatic carboxylic acids is 1. The first-order valence-electron chi connectivity index (χ1n) is 6.30. The molecule has 0 fully saturated rings. The van der Waals surface area contributed by atoms with Crippen molar-refractivity contribution in [3.05, 3.63) is 59.2 Å². The SMILES string of the molecule is COc1ccc(C(=O)O)cc1NC(=O)c1ccc(C)cc1. The number of aryl methyl sites for hydroxylation is 1. The van der Waals surface area contributed by atoms with Crippen LogP contribution in [-0.4, -0.2) is 24.1 Å². The smallest absolute Gasteiger partial charge is 0.335 e. The third-order valence-electron chi connectivity index (χ3n) is 3.01. The predicted molar refractivity (Wildman–Crippen MR) is 79.1 cm³/mol. The molecule has 0 atom stereocenters. The van der Waals surface area contributed by atoms with Crippen molar-refractivity contribution in [1.82, 2.24) is 0 Å². The first-order valence-corrected chi connectivity index (χ1v) is 6.30. The highest BCUT2D eigenvalue weighted by atomic mass is 16.5. The van der Waals surface area contributed by atoms with Gasteiger partial charge in [-0.05, 0) is 37.3 Å². The first-order chi connectivity index (χ1) is 10.0. The summed E-state index contributed by atoms with van der Waals surface area (Å²) < 4.78 is 5.13. The molecule has 0 spiro atoms.